The molecule has 0 bridgehead atoms. The number of aromatic nitrogens is 1. The van der Waals surface area contributed by atoms with Crippen molar-refractivity contribution >= 4 is 0 Å². The van der Waals surface area contributed by atoms with E-state index in [1.165, 1.54) is 0 Å². The Morgan fingerprint density at radius 3 is 2.61 bits per heavy atom. The highest BCUT2D eigenvalue weighted by Crippen LogP contribution is 2.10. The third kappa shape index (κ3) is 6.12. The third-order valence-corrected chi connectivity index (χ3v) is 2.74. The number of ether oxygens (including phenoxy) is 1. The van der Waals surface area contributed by atoms with Crippen LogP contribution in [0.1, 0.15) is 45.5 Å². The summed E-state index contributed by atoms with van der Waals surface area (Å²) in [5, 5.41) is 3.28. The maximum Gasteiger partial charge on any atom is 0.0891 e. The molecule has 0 saturated carbocycles. The molecular weight excluding hydrogens is 224 g/mol. The van der Waals surface area contributed by atoms with Gasteiger partial charge in [0.2, 0.25) is 0 Å². The topological polar surface area (TPSA) is 34.1 Å². The molecule has 0 spiro atoms. The Morgan fingerprint density at radius 2 is 1.94 bits per heavy atom. The van der Waals surface area contributed by atoms with Crippen molar-refractivity contribution in [2.75, 3.05) is 6.54 Å². The minimum atomic E-state index is 0.296. The first-order valence-electron chi connectivity index (χ1n) is 6.89. The smallest absolute Gasteiger partial charge is 0.0891 e. The van der Waals surface area contributed by atoms with E-state index in [0.29, 0.717) is 18.6 Å². The van der Waals surface area contributed by atoms with Crippen LogP contribution in [-0.2, 0) is 17.9 Å². The van der Waals surface area contributed by atoms with Gasteiger partial charge in [-0.05, 0) is 37.9 Å². The fraction of sp³-hybridized carbons (Fsp3) is 0.667. The average Bonchev–Trinajstić information content (AvgIpc) is 2.33. The maximum absolute atomic E-state index is 5.82. The van der Waals surface area contributed by atoms with Gasteiger partial charge in [0.1, 0.15) is 0 Å². The standard InChI is InChI=1S/C15H26N2O/c1-5-16-10-14-7-6-8-15(17-14)11-18-13(4)9-12(2)3/h6-8,12-13,16H,5,9-11H2,1-4H3. The van der Waals surface area contributed by atoms with Crippen molar-refractivity contribution < 1.29 is 4.74 Å². The van der Waals surface area contributed by atoms with Crippen LogP contribution in [0.15, 0.2) is 18.2 Å². The minimum Gasteiger partial charge on any atom is -0.372 e. The van der Waals surface area contributed by atoms with Crippen LogP contribution in [-0.4, -0.2) is 17.6 Å². The molecule has 1 N–H and O–H groups in total. The molecule has 1 aromatic heterocycles. The summed E-state index contributed by atoms with van der Waals surface area (Å²) in [5.41, 5.74) is 2.09. The predicted molar refractivity (Wildman–Crippen MR) is 75.3 cm³/mol. The van der Waals surface area contributed by atoms with Crippen molar-refractivity contribution in [3.63, 3.8) is 0 Å². The van der Waals surface area contributed by atoms with E-state index in [2.05, 4.69) is 38.0 Å². The minimum absolute atomic E-state index is 0.296. The van der Waals surface area contributed by atoms with Gasteiger partial charge in [-0.2, -0.15) is 0 Å². The highest BCUT2D eigenvalue weighted by Gasteiger charge is 2.06. The van der Waals surface area contributed by atoms with E-state index in [0.717, 1.165) is 30.9 Å². The molecule has 102 valence electrons. The molecule has 1 rings (SSSR count). The lowest BCUT2D eigenvalue weighted by molar-refractivity contribution is 0.0378. The molecule has 0 aliphatic rings. The second kappa shape index (κ2) is 8.22. The van der Waals surface area contributed by atoms with Crippen molar-refractivity contribution in [3.05, 3.63) is 29.6 Å². The zero-order chi connectivity index (χ0) is 13.4. The maximum atomic E-state index is 5.82. The summed E-state index contributed by atoms with van der Waals surface area (Å²) >= 11 is 0. The van der Waals surface area contributed by atoms with Gasteiger partial charge >= 0.3 is 0 Å². The predicted octanol–water partition coefficient (Wildman–Crippen LogP) is 3.14. The van der Waals surface area contributed by atoms with Crippen molar-refractivity contribution in [1.29, 1.82) is 0 Å². The Morgan fingerprint density at radius 1 is 1.22 bits per heavy atom. The largest absolute Gasteiger partial charge is 0.372 e. The molecule has 0 aromatic carbocycles. The molecule has 1 heterocycles. The van der Waals surface area contributed by atoms with E-state index >= 15 is 0 Å². The van der Waals surface area contributed by atoms with Crippen LogP contribution in [0.5, 0.6) is 0 Å². The Bertz CT molecular complexity index is 339. The third-order valence-electron chi connectivity index (χ3n) is 2.74. The number of rotatable bonds is 8. The SMILES string of the molecule is CCNCc1cccc(COC(C)CC(C)C)n1. The van der Waals surface area contributed by atoms with Gasteiger partial charge in [0, 0.05) is 6.54 Å². The second-order valence-electron chi connectivity index (χ2n) is 5.15. The molecular formula is C15H26N2O. The summed E-state index contributed by atoms with van der Waals surface area (Å²) in [7, 11) is 0. The summed E-state index contributed by atoms with van der Waals surface area (Å²) < 4.78 is 5.82. The van der Waals surface area contributed by atoms with Gasteiger partial charge in [0.25, 0.3) is 0 Å². The van der Waals surface area contributed by atoms with Crippen LogP contribution in [0.2, 0.25) is 0 Å². The van der Waals surface area contributed by atoms with Crippen LogP contribution in [0.3, 0.4) is 0 Å². The second-order valence-corrected chi connectivity index (χ2v) is 5.15. The molecule has 0 saturated heterocycles. The molecule has 0 fully saturated rings. The molecule has 0 radical (unpaired) electrons. The summed E-state index contributed by atoms with van der Waals surface area (Å²) in [6, 6.07) is 6.12. The monoisotopic (exact) mass is 250 g/mol. The van der Waals surface area contributed by atoms with E-state index < -0.39 is 0 Å². The molecule has 1 atom stereocenters. The lowest BCUT2D eigenvalue weighted by atomic mass is 10.1. The first-order valence-corrected chi connectivity index (χ1v) is 6.89. The summed E-state index contributed by atoms with van der Waals surface area (Å²) in [6.45, 7) is 11.1. The summed E-state index contributed by atoms with van der Waals surface area (Å²) in [5.74, 6) is 0.674. The van der Waals surface area contributed by atoms with Gasteiger partial charge in [-0.15, -0.1) is 0 Å². The van der Waals surface area contributed by atoms with Crippen molar-refractivity contribution in [3.8, 4) is 0 Å². The lowest BCUT2D eigenvalue weighted by Crippen LogP contribution is -2.14. The number of pyridine rings is 1. The molecule has 0 amide bonds. The Kier molecular flexibility index (Phi) is 6.91. The zero-order valence-electron chi connectivity index (χ0n) is 12.1. The number of nitrogens with one attached hydrogen (secondary N) is 1. The van der Waals surface area contributed by atoms with Gasteiger partial charge in [-0.3, -0.25) is 4.98 Å². The molecule has 18 heavy (non-hydrogen) atoms. The highest BCUT2D eigenvalue weighted by molar-refractivity contribution is 5.10. The van der Waals surface area contributed by atoms with Gasteiger partial charge in [-0.25, -0.2) is 0 Å². The normalized spacial score (nSPS) is 12.9. The van der Waals surface area contributed by atoms with Crippen molar-refractivity contribution in [2.45, 2.75) is 53.4 Å². The Balaban J connectivity index is 2.41. The van der Waals surface area contributed by atoms with E-state index in [4.69, 9.17) is 4.74 Å². The fourth-order valence-electron chi connectivity index (χ4n) is 1.92. The Hall–Kier alpha value is -0.930. The molecule has 0 aliphatic heterocycles. The first kappa shape index (κ1) is 15.1. The van der Waals surface area contributed by atoms with Crippen molar-refractivity contribution in [2.24, 2.45) is 5.92 Å². The van der Waals surface area contributed by atoms with Gasteiger partial charge in [-0.1, -0.05) is 26.8 Å². The van der Waals surface area contributed by atoms with E-state index in [9.17, 15) is 0 Å². The summed E-state index contributed by atoms with van der Waals surface area (Å²) in [4.78, 5) is 4.57. The molecule has 1 unspecified atom stereocenters. The van der Waals surface area contributed by atoms with Crippen molar-refractivity contribution in [1.82, 2.24) is 10.3 Å². The van der Waals surface area contributed by atoms with Crippen LogP contribution in [0.4, 0.5) is 0 Å². The molecule has 1 aromatic rings. The first-order chi connectivity index (χ1) is 8.61. The zero-order valence-corrected chi connectivity index (χ0v) is 12.1. The summed E-state index contributed by atoms with van der Waals surface area (Å²) in [6.07, 6.45) is 1.39. The lowest BCUT2D eigenvalue weighted by Gasteiger charge is -2.15. The van der Waals surface area contributed by atoms with Crippen LogP contribution in [0.25, 0.3) is 0 Å². The molecule has 3 nitrogen and oxygen atoms in total. The van der Waals surface area contributed by atoms with Crippen LogP contribution < -0.4 is 5.32 Å². The average molecular weight is 250 g/mol. The van der Waals surface area contributed by atoms with Crippen LogP contribution >= 0.6 is 0 Å². The highest BCUT2D eigenvalue weighted by atomic mass is 16.5. The number of hydrogen-bond acceptors (Lipinski definition) is 3. The van der Waals surface area contributed by atoms with E-state index in [-0.39, 0.29) is 0 Å². The Labute approximate surface area is 111 Å². The molecule has 3 heteroatoms. The molecule has 0 aliphatic carbocycles. The van der Waals surface area contributed by atoms with Gasteiger partial charge in [0.05, 0.1) is 24.1 Å². The van der Waals surface area contributed by atoms with E-state index in [1.807, 2.05) is 18.2 Å². The van der Waals surface area contributed by atoms with E-state index in [1.54, 1.807) is 0 Å². The van der Waals surface area contributed by atoms with Crippen LogP contribution in [0, 0.1) is 5.92 Å². The quantitative estimate of drug-likeness (QED) is 0.769. The number of nitrogens with zero attached hydrogens (tertiary/aromatic N) is 1. The number of hydrogen-bond donors (Lipinski definition) is 1. The fourth-order valence-corrected chi connectivity index (χ4v) is 1.92. The van der Waals surface area contributed by atoms with Gasteiger partial charge in [0.15, 0.2) is 0 Å². The van der Waals surface area contributed by atoms with Gasteiger partial charge < -0.3 is 10.1 Å².